The van der Waals surface area contributed by atoms with Gasteiger partial charge >= 0.3 is 5.97 Å². The summed E-state index contributed by atoms with van der Waals surface area (Å²) in [5.74, 6) is 0.448. The van der Waals surface area contributed by atoms with Crippen molar-refractivity contribution in [2.45, 2.75) is 34.3 Å². The van der Waals surface area contributed by atoms with Crippen LogP contribution in [0.25, 0.3) is 11.0 Å². The second kappa shape index (κ2) is 7.75. The molecule has 8 heteroatoms. The van der Waals surface area contributed by atoms with E-state index in [9.17, 15) is 19.7 Å². The van der Waals surface area contributed by atoms with E-state index in [0.717, 1.165) is 0 Å². The molecule has 0 radical (unpaired) electrons. The van der Waals surface area contributed by atoms with Gasteiger partial charge in [0, 0.05) is 24.6 Å². The van der Waals surface area contributed by atoms with Crippen molar-refractivity contribution < 1.29 is 23.6 Å². The third-order valence-corrected chi connectivity index (χ3v) is 4.61. The molecule has 0 amide bonds. The van der Waals surface area contributed by atoms with Gasteiger partial charge in [0.1, 0.15) is 29.4 Å². The molecule has 0 aliphatic heterocycles. The molecule has 150 valence electrons. The molecule has 1 aromatic heterocycles. The lowest BCUT2D eigenvalue weighted by atomic mass is 9.99. The number of esters is 1. The van der Waals surface area contributed by atoms with Crippen LogP contribution in [-0.2, 0) is 11.4 Å². The molecule has 0 fully saturated rings. The Bertz CT molecular complexity index is 1190. The van der Waals surface area contributed by atoms with Gasteiger partial charge < -0.3 is 13.9 Å². The number of benzene rings is 2. The van der Waals surface area contributed by atoms with Crippen molar-refractivity contribution in [3.05, 3.63) is 73.1 Å². The number of non-ortho nitro benzene ring substituents is 1. The molecule has 0 unspecified atom stereocenters. The average molecular weight is 397 g/mol. The third kappa shape index (κ3) is 3.96. The molecule has 2 aromatic carbocycles. The summed E-state index contributed by atoms with van der Waals surface area (Å²) >= 11 is 0. The molecule has 0 aliphatic rings. The second-order valence-corrected chi connectivity index (χ2v) is 6.62. The third-order valence-electron chi connectivity index (χ3n) is 4.61. The van der Waals surface area contributed by atoms with Gasteiger partial charge in [0.15, 0.2) is 5.43 Å². The van der Waals surface area contributed by atoms with Crippen molar-refractivity contribution in [1.82, 2.24) is 0 Å². The van der Waals surface area contributed by atoms with Crippen LogP contribution in [0.15, 0.2) is 39.5 Å². The molecule has 8 nitrogen and oxygen atoms in total. The Morgan fingerprint density at radius 3 is 2.52 bits per heavy atom. The van der Waals surface area contributed by atoms with E-state index in [1.807, 2.05) is 0 Å². The highest BCUT2D eigenvalue weighted by molar-refractivity contribution is 5.88. The van der Waals surface area contributed by atoms with Crippen molar-refractivity contribution in [2.75, 3.05) is 0 Å². The molecular weight excluding hydrogens is 378 g/mol. The summed E-state index contributed by atoms with van der Waals surface area (Å²) in [6, 6.07) is 7.05. The van der Waals surface area contributed by atoms with E-state index in [4.69, 9.17) is 13.9 Å². The molecular formula is C21H19NO7. The summed E-state index contributed by atoms with van der Waals surface area (Å²) < 4.78 is 16.7. The number of rotatable bonds is 5. The molecule has 0 saturated carbocycles. The fourth-order valence-corrected chi connectivity index (χ4v) is 3.11. The Hall–Kier alpha value is -3.68. The first-order valence-electron chi connectivity index (χ1n) is 8.81. The van der Waals surface area contributed by atoms with E-state index >= 15 is 0 Å². The summed E-state index contributed by atoms with van der Waals surface area (Å²) in [7, 11) is 0. The van der Waals surface area contributed by atoms with E-state index in [1.165, 1.54) is 31.2 Å². The van der Waals surface area contributed by atoms with E-state index in [-0.39, 0.29) is 29.2 Å². The van der Waals surface area contributed by atoms with Crippen LogP contribution in [0.3, 0.4) is 0 Å². The van der Waals surface area contributed by atoms with Crippen LogP contribution in [0, 0.1) is 30.9 Å². The number of nitro groups is 1. The quantitative estimate of drug-likeness (QED) is 0.275. The zero-order valence-corrected chi connectivity index (χ0v) is 16.4. The summed E-state index contributed by atoms with van der Waals surface area (Å²) in [6.45, 7) is 6.48. The SMILES string of the molecule is CC(=O)Oc1c(C)c(C)c2oc(COc3cccc([N+](=O)[O-])c3)cc(=O)c2c1C. The molecule has 0 saturated heterocycles. The lowest BCUT2D eigenvalue weighted by molar-refractivity contribution is -0.384. The normalized spacial score (nSPS) is 10.8. The molecule has 3 aromatic rings. The molecule has 0 spiro atoms. The number of nitrogens with zero attached hydrogens (tertiary/aromatic N) is 1. The van der Waals surface area contributed by atoms with Gasteiger partial charge in [-0.05, 0) is 38.0 Å². The van der Waals surface area contributed by atoms with Gasteiger partial charge in [-0.25, -0.2) is 0 Å². The van der Waals surface area contributed by atoms with Crippen LogP contribution < -0.4 is 14.9 Å². The van der Waals surface area contributed by atoms with Crippen LogP contribution >= 0.6 is 0 Å². The maximum absolute atomic E-state index is 12.7. The second-order valence-electron chi connectivity index (χ2n) is 6.62. The largest absolute Gasteiger partial charge is 0.485 e. The van der Waals surface area contributed by atoms with E-state index in [1.54, 1.807) is 26.8 Å². The minimum absolute atomic E-state index is 0.0738. The number of fused-ring (bicyclic) bond motifs is 1. The summed E-state index contributed by atoms with van der Waals surface area (Å²) in [5, 5.41) is 11.2. The van der Waals surface area contributed by atoms with Gasteiger partial charge in [-0.2, -0.15) is 0 Å². The van der Waals surface area contributed by atoms with Crippen LogP contribution in [0.2, 0.25) is 0 Å². The molecule has 0 atom stereocenters. The zero-order chi connectivity index (χ0) is 21.3. The van der Waals surface area contributed by atoms with E-state index in [0.29, 0.717) is 33.4 Å². The van der Waals surface area contributed by atoms with Crippen molar-refractivity contribution in [3.8, 4) is 11.5 Å². The standard InChI is InChI=1S/C21H19NO7/c1-11-12(2)21-19(13(3)20(11)28-14(4)23)18(24)9-17(29-21)10-27-16-7-5-6-15(8-16)22(25)26/h5-9H,10H2,1-4H3. The first-order chi connectivity index (χ1) is 13.7. The van der Waals surface area contributed by atoms with Crippen LogP contribution in [-0.4, -0.2) is 10.9 Å². The lowest BCUT2D eigenvalue weighted by Gasteiger charge is -2.15. The Labute approximate surface area is 165 Å². The first kappa shape index (κ1) is 20.1. The van der Waals surface area contributed by atoms with Crippen molar-refractivity contribution in [1.29, 1.82) is 0 Å². The number of nitro benzene ring substituents is 1. The molecule has 0 N–H and O–H groups in total. The number of carbonyl (C=O) groups is 1. The highest BCUT2D eigenvalue weighted by atomic mass is 16.6. The molecule has 1 heterocycles. The lowest BCUT2D eigenvalue weighted by Crippen LogP contribution is -2.11. The predicted molar refractivity (Wildman–Crippen MR) is 105 cm³/mol. The first-order valence-corrected chi connectivity index (χ1v) is 8.81. The zero-order valence-electron chi connectivity index (χ0n) is 16.4. The fourth-order valence-electron chi connectivity index (χ4n) is 3.11. The van der Waals surface area contributed by atoms with Crippen molar-refractivity contribution in [3.63, 3.8) is 0 Å². The van der Waals surface area contributed by atoms with Gasteiger partial charge in [-0.1, -0.05) is 6.07 Å². The number of hydrogen-bond donors (Lipinski definition) is 0. The van der Waals surface area contributed by atoms with E-state index in [2.05, 4.69) is 0 Å². The minimum atomic E-state index is -0.515. The Morgan fingerprint density at radius 2 is 1.86 bits per heavy atom. The molecule has 29 heavy (non-hydrogen) atoms. The summed E-state index contributed by atoms with van der Waals surface area (Å²) in [5.41, 5.74) is 1.90. The van der Waals surface area contributed by atoms with Crippen LogP contribution in [0.4, 0.5) is 5.69 Å². The van der Waals surface area contributed by atoms with Crippen molar-refractivity contribution >= 4 is 22.6 Å². The van der Waals surface area contributed by atoms with E-state index < -0.39 is 10.9 Å². The molecule has 3 rings (SSSR count). The number of hydrogen-bond acceptors (Lipinski definition) is 7. The topological polar surface area (TPSA) is 109 Å². The van der Waals surface area contributed by atoms with Gasteiger partial charge in [0.2, 0.25) is 0 Å². The monoisotopic (exact) mass is 397 g/mol. The van der Waals surface area contributed by atoms with Gasteiger partial charge in [0.25, 0.3) is 5.69 Å². The van der Waals surface area contributed by atoms with Gasteiger partial charge in [0.05, 0.1) is 16.4 Å². The summed E-state index contributed by atoms with van der Waals surface area (Å²) in [6.07, 6.45) is 0. The maximum Gasteiger partial charge on any atom is 0.308 e. The highest BCUT2D eigenvalue weighted by Gasteiger charge is 2.19. The average Bonchev–Trinajstić information content (AvgIpc) is 2.67. The Morgan fingerprint density at radius 1 is 1.14 bits per heavy atom. The fraction of sp³-hybridized carbons (Fsp3) is 0.238. The minimum Gasteiger partial charge on any atom is -0.485 e. The Balaban J connectivity index is 2.00. The predicted octanol–water partition coefficient (Wildman–Crippen LogP) is 4.13. The smallest absolute Gasteiger partial charge is 0.308 e. The summed E-state index contributed by atoms with van der Waals surface area (Å²) in [4.78, 5) is 34.5. The van der Waals surface area contributed by atoms with Gasteiger partial charge in [-0.3, -0.25) is 19.7 Å². The number of ether oxygens (including phenoxy) is 2. The Kier molecular flexibility index (Phi) is 5.36. The van der Waals surface area contributed by atoms with Crippen molar-refractivity contribution in [2.24, 2.45) is 0 Å². The number of aryl methyl sites for hydroxylation is 2. The highest BCUT2D eigenvalue weighted by Crippen LogP contribution is 2.34. The van der Waals surface area contributed by atoms with Crippen LogP contribution in [0.1, 0.15) is 29.4 Å². The van der Waals surface area contributed by atoms with Gasteiger partial charge in [-0.15, -0.1) is 0 Å². The number of carbonyl (C=O) groups excluding carboxylic acids is 1. The molecule has 0 aliphatic carbocycles. The maximum atomic E-state index is 12.7. The van der Waals surface area contributed by atoms with Crippen LogP contribution in [0.5, 0.6) is 11.5 Å². The molecule has 0 bridgehead atoms.